The van der Waals surface area contributed by atoms with Crippen LogP contribution in [0.15, 0.2) is 12.7 Å². The third-order valence-electron chi connectivity index (χ3n) is 1.02. The first-order chi connectivity index (χ1) is 3.85. The smallest absolute Gasteiger partial charge is 0.0511 e. The van der Waals surface area contributed by atoms with E-state index in [0.717, 1.165) is 18.8 Å². The SMILES string of the molecule is C#C[C](CC)CC=C. The van der Waals surface area contributed by atoms with Crippen molar-refractivity contribution in [3.8, 4) is 12.3 Å². The molecule has 0 aromatic rings. The summed E-state index contributed by atoms with van der Waals surface area (Å²) in [4.78, 5) is 0. The fourth-order valence-electron chi connectivity index (χ4n) is 0.480. The third kappa shape index (κ3) is 2.47. The Bertz CT molecular complexity index is 95.1. The van der Waals surface area contributed by atoms with Gasteiger partial charge in [-0.1, -0.05) is 18.9 Å². The molecule has 1 radical (unpaired) electrons. The van der Waals surface area contributed by atoms with Crippen LogP contribution in [0.4, 0.5) is 0 Å². The zero-order valence-corrected chi connectivity index (χ0v) is 5.28. The van der Waals surface area contributed by atoms with Crippen LogP contribution in [0.1, 0.15) is 19.8 Å². The van der Waals surface area contributed by atoms with E-state index in [9.17, 15) is 0 Å². The second-order valence-electron chi connectivity index (χ2n) is 1.59. The van der Waals surface area contributed by atoms with Crippen molar-refractivity contribution in [2.45, 2.75) is 19.8 Å². The summed E-state index contributed by atoms with van der Waals surface area (Å²) < 4.78 is 0. The minimum absolute atomic E-state index is 0.868. The predicted octanol–water partition coefficient (Wildman–Crippen LogP) is 2.18. The molecule has 0 saturated heterocycles. The van der Waals surface area contributed by atoms with Gasteiger partial charge in [-0.15, -0.1) is 13.0 Å². The summed E-state index contributed by atoms with van der Waals surface area (Å²) >= 11 is 0. The molecule has 0 unspecified atom stereocenters. The number of allylic oxidation sites excluding steroid dienone is 1. The molecule has 0 nitrogen and oxygen atoms in total. The van der Waals surface area contributed by atoms with Gasteiger partial charge >= 0.3 is 0 Å². The fraction of sp³-hybridized carbons (Fsp3) is 0.375. The van der Waals surface area contributed by atoms with Crippen LogP contribution in [0, 0.1) is 18.3 Å². The maximum Gasteiger partial charge on any atom is 0.0511 e. The quantitative estimate of drug-likeness (QED) is 0.383. The molecule has 0 fully saturated rings. The Hall–Kier alpha value is -0.700. The Balaban J connectivity index is 3.40. The Morgan fingerprint density at radius 1 is 1.88 bits per heavy atom. The molecule has 43 valence electrons. The van der Waals surface area contributed by atoms with E-state index in [1.165, 1.54) is 0 Å². The highest BCUT2D eigenvalue weighted by atomic mass is 14.0. The second-order valence-corrected chi connectivity index (χ2v) is 1.59. The molecule has 0 aliphatic rings. The standard InChI is InChI=1S/C8H11/c1-4-7-8(5-2)6-3/h2,4H,1,6-7H2,3H3. The largest absolute Gasteiger partial charge is 0.119 e. The average Bonchev–Trinajstić information content (AvgIpc) is 1.83. The van der Waals surface area contributed by atoms with E-state index in [1.807, 2.05) is 6.08 Å². The first-order valence-corrected chi connectivity index (χ1v) is 2.77. The van der Waals surface area contributed by atoms with Crippen LogP contribution in [0.25, 0.3) is 0 Å². The lowest BCUT2D eigenvalue weighted by Gasteiger charge is -1.98. The van der Waals surface area contributed by atoms with E-state index in [0.29, 0.717) is 0 Å². The zero-order valence-electron chi connectivity index (χ0n) is 5.28. The molecular formula is C8H11. The number of hydrogen-bond donors (Lipinski definition) is 0. The molecule has 0 aliphatic carbocycles. The van der Waals surface area contributed by atoms with Crippen LogP contribution in [-0.4, -0.2) is 0 Å². The molecule has 0 bridgehead atoms. The number of rotatable bonds is 3. The predicted molar refractivity (Wildman–Crippen MR) is 37.2 cm³/mol. The molecular weight excluding hydrogens is 96.1 g/mol. The van der Waals surface area contributed by atoms with Crippen LogP contribution in [0.5, 0.6) is 0 Å². The molecule has 0 spiro atoms. The van der Waals surface area contributed by atoms with Crippen molar-refractivity contribution in [3.05, 3.63) is 18.6 Å². The maximum absolute atomic E-state index is 5.13. The second kappa shape index (κ2) is 4.46. The summed E-state index contributed by atoms with van der Waals surface area (Å²) in [5, 5.41) is 0. The lowest BCUT2D eigenvalue weighted by molar-refractivity contribution is 0.939. The van der Waals surface area contributed by atoms with Gasteiger partial charge in [0, 0.05) is 0 Å². The molecule has 0 amide bonds. The summed E-state index contributed by atoms with van der Waals surface area (Å²) in [6.45, 7) is 5.63. The van der Waals surface area contributed by atoms with Gasteiger partial charge in [0.25, 0.3) is 0 Å². The van der Waals surface area contributed by atoms with Gasteiger partial charge in [0.05, 0.1) is 5.92 Å². The van der Waals surface area contributed by atoms with E-state index >= 15 is 0 Å². The molecule has 0 aromatic carbocycles. The van der Waals surface area contributed by atoms with E-state index in [1.54, 1.807) is 0 Å². The summed E-state index contributed by atoms with van der Waals surface area (Å²) in [5.41, 5.74) is 0. The summed E-state index contributed by atoms with van der Waals surface area (Å²) in [6, 6.07) is 0. The number of terminal acetylenes is 1. The Morgan fingerprint density at radius 3 is 2.62 bits per heavy atom. The number of hydrogen-bond acceptors (Lipinski definition) is 0. The fourth-order valence-corrected chi connectivity index (χ4v) is 0.480. The minimum Gasteiger partial charge on any atom is -0.119 e. The van der Waals surface area contributed by atoms with E-state index < -0.39 is 0 Å². The van der Waals surface area contributed by atoms with Crippen LogP contribution >= 0.6 is 0 Å². The topological polar surface area (TPSA) is 0 Å². The zero-order chi connectivity index (χ0) is 6.41. The average molecular weight is 107 g/mol. The van der Waals surface area contributed by atoms with Crippen molar-refractivity contribution in [1.29, 1.82) is 0 Å². The van der Waals surface area contributed by atoms with Crippen molar-refractivity contribution in [3.63, 3.8) is 0 Å². The lowest BCUT2D eigenvalue weighted by Crippen LogP contribution is -1.86. The normalized spacial score (nSPS) is 8.62. The van der Waals surface area contributed by atoms with Gasteiger partial charge in [0.1, 0.15) is 0 Å². The molecule has 0 rings (SSSR count). The lowest BCUT2D eigenvalue weighted by atomic mass is 10.0. The highest BCUT2D eigenvalue weighted by Gasteiger charge is 1.96. The Labute approximate surface area is 51.6 Å². The minimum atomic E-state index is 0.868. The maximum atomic E-state index is 5.13. The Morgan fingerprint density at radius 2 is 2.50 bits per heavy atom. The highest BCUT2D eigenvalue weighted by Crippen LogP contribution is 2.07. The molecule has 0 aliphatic heterocycles. The van der Waals surface area contributed by atoms with Gasteiger partial charge in [0.15, 0.2) is 0 Å². The first-order valence-electron chi connectivity index (χ1n) is 2.77. The molecule has 0 heteroatoms. The molecule has 0 aromatic heterocycles. The van der Waals surface area contributed by atoms with Gasteiger partial charge in [-0.25, -0.2) is 0 Å². The third-order valence-corrected chi connectivity index (χ3v) is 1.02. The van der Waals surface area contributed by atoms with Crippen LogP contribution in [0.2, 0.25) is 0 Å². The molecule has 0 N–H and O–H groups in total. The molecule has 8 heavy (non-hydrogen) atoms. The van der Waals surface area contributed by atoms with Gasteiger partial charge in [0.2, 0.25) is 0 Å². The van der Waals surface area contributed by atoms with E-state index in [-0.39, 0.29) is 0 Å². The van der Waals surface area contributed by atoms with Crippen molar-refractivity contribution in [2.24, 2.45) is 0 Å². The van der Waals surface area contributed by atoms with Gasteiger partial charge in [-0.05, 0) is 12.8 Å². The van der Waals surface area contributed by atoms with Crippen molar-refractivity contribution in [2.75, 3.05) is 0 Å². The molecule has 0 heterocycles. The van der Waals surface area contributed by atoms with Crippen LogP contribution < -0.4 is 0 Å². The van der Waals surface area contributed by atoms with Gasteiger partial charge in [-0.2, -0.15) is 0 Å². The van der Waals surface area contributed by atoms with Gasteiger partial charge in [-0.3, -0.25) is 0 Å². The highest BCUT2D eigenvalue weighted by molar-refractivity contribution is 5.18. The van der Waals surface area contributed by atoms with Crippen molar-refractivity contribution in [1.82, 2.24) is 0 Å². The summed E-state index contributed by atoms with van der Waals surface area (Å²) in [5.74, 6) is 3.72. The Kier molecular flexibility index (Phi) is 4.07. The van der Waals surface area contributed by atoms with Gasteiger partial charge < -0.3 is 0 Å². The summed E-state index contributed by atoms with van der Waals surface area (Å²) in [7, 11) is 0. The first kappa shape index (κ1) is 7.30. The molecule has 0 atom stereocenters. The van der Waals surface area contributed by atoms with Crippen molar-refractivity contribution >= 4 is 0 Å². The summed E-state index contributed by atoms with van der Waals surface area (Å²) in [6.07, 6.45) is 8.81. The van der Waals surface area contributed by atoms with Crippen LogP contribution in [0.3, 0.4) is 0 Å². The van der Waals surface area contributed by atoms with E-state index in [2.05, 4.69) is 19.4 Å². The molecule has 0 saturated carbocycles. The van der Waals surface area contributed by atoms with E-state index in [4.69, 9.17) is 6.42 Å². The van der Waals surface area contributed by atoms with Crippen LogP contribution in [-0.2, 0) is 0 Å². The van der Waals surface area contributed by atoms with Crippen molar-refractivity contribution < 1.29 is 0 Å². The monoisotopic (exact) mass is 107 g/mol.